The molecule has 1 atom stereocenters. The van der Waals surface area contributed by atoms with Crippen LogP contribution in [-0.2, 0) is 4.57 Å². The van der Waals surface area contributed by atoms with Gasteiger partial charge in [-0.2, -0.15) is 0 Å². The van der Waals surface area contributed by atoms with Gasteiger partial charge in [-0.15, -0.1) is 0 Å². The summed E-state index contributed by atoms with van der Waals surface area (Å²) >= 11 is 0. The number of hydrogen-bond acceptors (Lipinski definition) is 4. The third-order valence-electron chi connectivity index (χ3n) is 5.15. The van der Waals surface area contributed by atoms with Crippen LogP contribution in [0.25, 0.3) is 10.8 Å². The monoisotopic (exact) mass is 416 g/mol. The fraction of sp³-hybridized carbons (Fsp3) is 0.0800. The van der Waals surface area contributed by atoms with E-state index in [0.29, 0.717) is 27.7 Å². The van der Waals surface area contributed by atoms with Gasteiger partial charge in [0.05, 0.1) is 19.5 Å². The summed E-state index contributed by atoms with van der Waals surface area (Å²) in [5.41, 5.74) is -0.0118. The number of carbonyl (C=O) groups excluding carboxylic acids is 1. The first-order valence-corrected chi connectivity index (χ1v) is 11.2. The Balaban J connectivity index is 2.04. The van der Waals surface area contributed by atoms with Crippen molar-refractivity contribution < 1.29 is 18.8 Å². The highest BCUT2D eigenvalue weighted by Crippen LogP contribution is 2.51. The summed E-state index contributed by atoms with van der Waals surface area (Å²) in [5, 5.41) is 2.46. The lowest BCUT2D eigenvalue weighted by atomic mass is 10.1. The Morgan fingerprint density at radius 3 is 2.13 bits per heavy atom. The van der Waals surface area contributed by atoms with Gasteiger partial charge in [0.25, 0.3) is 0 Å². The second kappa shape index (κ2) is 8.17. The van der Waals surface area contributed by atoms with Crippen molar-refractivity contribution in [2.45, 2.75) is 0 Å². The highest BCUT2D eigenvalue weighted by atomic mass is 31.2. The standard InChI is InChI=1S/C25H21O4P/c1-28-22-16-9-17-23(24(22)29-2)30(27,19-12-4-3-5-13-19)25(26)21-15-8-11-18-10-6-7-14-20(18)21/h3-17H,1-2H3. The highest BCUT2D eigenvalue weighted by molar-refractivity contribution is 7.93. The molecule has 4 aromatic rings. The van der Waals surface area contributed by atoms with E-state index in [-0.39, 0.29) is 0 Å². The van der Waals surface area contributed by atoms with Gasteiger partial charge in [0, 0.05) is 10.9 Å². The lowest BCUT2D eigenvalue weighted by Gasteiger charge is -2.22. The normalized spacial score (nSPS) is 12.9. The number of fused-ring (bicyclic) bond motifs is 1. The van der Waals surface area contributed by atoms with Crippen molar-refractivity contribution in [2.75, 3.05) is 14.2 Å². The van der Waals surface area contributed by atoms with E-state index in [2.05, 4.69) is 0 Å². The topological polar surface area (TPSA) is 52.6 Å². The molecule has 0 aliphatic rings. The molecule has 0 aliphatic heterocycles. The van der Waals surface area contributed by atoms with E-state index in [9.17, 15) is 9.36 Å². The van der Waals surface area contributed by atoms with Gasteiger partial charge in [0.1, 0.15) is 0 Å². The largest absolute Gasteiger partial charge is 0.493 e. The van der Waals surface area contributed by atoms with E-state index in [1.54, 1.807) is 48.5 Å². The summed E-state index contributed by atoms with van der Waals surface area (Å²) in [4.78, 5) is 14.0. The molecule has 0 fully saturated rings. The molecule has 0 aliphatic carbocycles. The molecule has 4 nitrogen and oxygen atoms in total. The van der Waals surface area contributed by atoms with Crippen LogP contribution in [0.1, 0.15) is 10.4 Å². The summed E-state index contributed by atoms with van der Waals surface area (Å²) < 4.78 is 25.7. The quantitative estimate of drug-likeness (QED) is 0.415. The van der Waals surface area contributed by atoms with Crippen LogP contribution in [0.3, 0.4) is 0 Å². The third kappa shape index (κ3) is 3.20. The minimum Gasteiger partial charge on any atom is -0.493 e. The zero-order valence-corrected chi connectivity index (χ0v) is 17.6. The Labute approximate surface area is 175 Å². The molecule has 0 N–H and O–H groups in total. The SMILES string of the molecule is COc1cccc(P(=O)(C(=O)c2cccc3ccccc23)c2ccccc2)c1OC. The van der Waals surface area contributed by atoms with E-state index in [1.165, 1.54) is 14.2 Å². The van der Waals surface area contributed by atoms with Gasteiger partial charge < -0.3 is 14.0 Å². The average molecular weight is 416 g/mol. The van der Waals surface area contributed by atoms with E-state index >= 15 is 0 Å². The van der Waals surface area contributed by atoms with Gasteiger partial charge in [-0.25, -0.2) is 0 Å². The Morgan fingerprint density at radius 1 is 0.733 bits per heavy atom. The van der Waals surface area contributed by atoms with Crippen LogP contribution in [0.2, 0.25) is 0 Å². The molecule has 0 radical (unpaired) electrons. The van der Waals surface area contributed by atoms with E-state index in [0.717, 1.165) is 10.8 Å². The number of carbonyl (C=O) groups is 1. The number of para-hydroxylation sites is 1. The van der Waals surface area contributed by atoms with Crippen LogP contribution in [0, 0.1) is 0 Å². The molecule has 150 valence electrons. The second-order valence-electron chi connectivity index (χ2n) is 6.79. The Kier molecular flexibility index (Phi) is 5.43. The predicted molar refractivity (Wildman–Crippen MR) is 121 cm³/mol. The lowest BCUT2D eigenvalue weighted by molar-refractivity contribution is 0.107. The molecular formula is C25H21O4P. The zero-order valence-electron chi connectivity index (χ0n) is 16.7. The van der Waals surface area contributed by atoms with E-state index in [1.807, 2.05) is 42.5 Å². The highest BCUT2D eigenvalue weighted by Gasteiger charge is 2.40. The molecule has 5 heteroatoms. The molecule has 0 aromatic heterocycles. The minimum absolute atomic E-state index is 0.306. The maximum absolute atomic E-state index is 14.7. The molecule has 0 heterocycles. The van der Waals surface area contributed by atoms with Crippen LogP contribution in [0.15, 0.2) is 91.0 Å². The van der Waals surface area contributed by atoms with E-state index in [4.69, 9.17) is 9.47 Å². The van der Waals surface area contributed by atoms with Crippen molar-refractivity contribution >= 4 is 34.0 Å². The zero-order chi connectivity index (χ0) is 21.1. The molecule has 0 saturated heterocycles. The molecule has 0 saturated carbocycles. The number of ether oxygens (including phenoxy) is 2. The number of methoxy groups -OCH3 is 2. The number of hydrogen-bond donors (Lipinski definition) is 0. The van der Waals surface area contributed by atoms with Crippen molar-refractivity contribution in [2.24, 2.45) is 0 Å². The fourth-order valence-electron chi connectivity index (χ4n) is 3.70. The molecule has 30 heavy (non-hydrogen) atoms. The van der Waals surface area contributed by atoms with Crippen molar-refractivity contribution in [1.82, 2.24) is 0 Å². The van der Waals surface area contributed by atoms with Crippen LogP contribution in [0.4, 0.5) is 0 Å². The molecular weight excluding hydrogens is 395 g/mol. The number of benzene rings is 4. The minimum atomic E-state index is -3.78. The van der Waals surface area contributed by atoms with E-state index < -0.39 is 12.7 Å². The third-order valence-corrected chi connectivity index (χ3v) is 8.02. The van der Waals surface area contributed by atoms with Crippen molar-refractivity contribution in [3.63, 3.8) is 0 Å². The molecule has 0 spiro atoms. The summed E-state index contributed by atoms with van der Waals surface area (Å²) in [6, 6.07) is 27.1. The van der Waals surface area contributed by atoms with Gasteiger partial charge in [0.2, 0.25) is 12.7 Å². The van der Waals surface area contributed by atoms with Crippen molar-refractivity contribution in [3.05, 3.63) is 96.6 Å². The molecule has 0 bridgehead atoms. The summed E-state index contributed by atoms with van der Waals surface area (Å²) in [6.07, 6.45) is 0. The van der Waals surface area contributed by atoms with Crippen molar-refractivity contribution in [1.29, 1.82) is 0 Å². The molecule has 1 unspecified atom stereocenters. The van der Waals surface area contributed by atoms with Crippen LogP contribution < -0.4 is 20.1 Å². The Hall–Kier alpha value is -3.36. The predicted octanol–water partition coefficient (Wildman–Crippen LogP) is 5.01. The maximum Gasteiger partial charge on any atom is 0.230 e. The molecule has 0 amide bonds. The first-order chi connectivity index (χ1) is 14.6. The van der Waals surface area contributed by atoms with Crippen LogP contribution in [-0.4, -0.2) is 19.7 Å². The first-order valence-electron chi connectivity index (χ1n) is 9.51. The smallest absolute Gasteiger partial charge is 0.230 e. The fourth-order valence-corrected chi connectivity index (χ4v) is 6.34. The Morgan fingerprint density at radius 2 is 1.40 bits per heavy atom. The lowest BCUT2D eigenvalue weighted by Crippen LogP contribution is -2.24. The van der Waals surface area contributed by atoms with Crippen molar-refractivity contribution in [3.8, 4) is 11.5 Å². The average Bonchev–Trinajstić information content (AvgIpc) is 2.82. The Bertz CT molecular complexity index is 1260. The van der Waals surface area contributed by atoms with Gasteiger partial charge >= 0.3 is 0 Å². The van der Waals surface area contributed by atoms with Gasteiger partial charge in [-0.3, -0.25) is 4.79 Å². The summed E-state index contributed by atoms with van der Waals surface area (Å²) in [5.74, 6) is 0.734. The first kappa shape index (κ1) is 19.9. The summed E-state index contributed by atoms with van der Waals surface area (Å²) in [6.45, 7) is 0. The second-order valence-corrected chi connectivity index (χ2v) is 9.41. The van der Waals surface area contributed by atoms with Crippen LogP contribution in [0.5, 0.6) is 11.5 Å². The van der Waals surface area contributed by atoms with Gasteiger partial charge in [-0.05, 0) is 22.9 Å². The molecule has 4 rings (SSSR count). The number of rotatable bonds is 6. The van der Waals surface area contributed by atoms with Gasteiger partial charge in [-0.1, -0.05) is 78.9 Å². The maximum atomic E-state index is 14.7. The summed E-state index contributed by atoms with van der Waals surface area (Å²) in [7, 11) is -0.779. The molecule has 4 aromatic carbocycles. The van der Waals surface area contributed by atoms with Gasteiger partial charge in [0.15, 0.2) is 11.5 Å². The van der Waals surface area contributed by atoms with Crippen LogP contribution >= 0.6 is 7.14 Å².